The molecule has 6 nitrogen and oxygen atoms in total. The Balaban J connectivity index is 1.34. The van der Waals surface area contributed by atoms with Crippen LogP contribution in [0.25, 0.3) is 0 Å². The zero-order valence-electron chi connectivity index (χ0n) is 17.3. The highest BCUT2D eigenvalue weighted by atomic mass is 32.1. The molecule has 2 amide bonds. The number of para-hydroxylation sites is 2. The van der Waals surface area contributed by atoms with Crippen molar-refractivity contribution in [1.82, 2.24) is 4.90 Å². The quantitative estimate of drug-likeness (QED) is 0.560. The van der Waals surface area contributed by atoms with Crippen molar-refractivity contribution in [2.24, 2.45) is 0 Å². The molecule has 4 rings (SSSR count). The maximum absolute atomic E-state index is 12.6. The number of carbonyl (C=O) groups is 2. The number of benzene rings is 2. The van der Waals surface area contributed by atoms with E-state index < -0.39 is 0 Å². The van der Waals surface area contributed by atoms with Crippen molar-refractivity contribution in [2.75, 3.05) is 30.8 Å². The Morgan fingerprint density at radius 2 is 1.87 bits per heavy atom. The first-order valence-electron chi connectivity index (χ1n) is 10.3. The van der Waals surface area contributed by atoms with Crippen LogP contribution in [0.15, 0.2) is 66.0 Å². The molecule has 1 fully saturated rings. The number of nitrogens with zero attached hydrogens (tertiary/aromatic N) is 1. The Morgan fingerprint density at radius 1 is 1.06 bits per heavy atom. The first kappa shape index (κ1) is 21.1. The van der Waals surface area contributed by atoms with E-state index in [-0.39, 0.29) is 11.8 Å². The molecular weight excluding hydrogens is 410 g/mol. The first-order valence-corrected chi connectivity index (χ1v) is 11.1. The maximum Gasteiger partial charge on any atom is 0.255 e. The van der Waals surface area contributed by atoms with Gasteiger partial charge < -0.3 is 15.4 Å². The third-order valence-corrected chi connectivity index (χ3v) is 6.34. The van der Waals surface area contributed by atoms with Crippen molar-refractivity contribution in [1.29, 1.82) is 0 Å². The van der Waals surface area contributed by atoms with Crippen molar-refractivity contribution in [2.45, 2.75) is 18.9 Å². The van der Waals surface area contributed by atoms with Crippen LogP contribution in [0.1, 0.15) is 34.1 Å². The minimum atomic E-state index is -0.238. The van der Waals surface area contributed by atoms with Crippen LogP contribution in [0.2, 0.25) is 0 Å². The molecule has 0 radical (unpaired) electrons. The van der Waals surface area contributed by atoms with Crippen LogP contribution in [0.3, 0.4) is 0 Å². The van der Waals surface area contributed by atoms with Gasteiger partial charge in [0.2, 0.25) is 5.91 Å². The van der Waals surface area contributed by atoms with Gasteiger partial charge in [0.15, 0.2) is 0 Å². The predicted octanol–water partition coefficient (Wildman–Crippen LogP) is 4.78. The lowest BCUT2D eigenvalue weighted by Gasteiger charge is -2.22. The lowest BCUT2D eigenvalue weighted by Crippen LogP contribution is -2.32. The molecule has 0 bridgehead atoms. The van der Waals surface area contributed by atoms with Gasteiger partial charge in [-0.3, -0.25) is 14.5 Å². The van der Waals surface area contributed by atoms with Crippen LogP contribution >= 0.6 is 11.3 Å². The van der Waals surface area contributed by atoms with Crippen LogP contribution in [-0.4, -0.2) is 36.9 Å². The third kappa shape index (κ3) is 5.13. The van der Waals surface area contributed by atoms with Gasteiger partial charge in [0.1, 0.15) is 5.75 Å². The fraction of sp³-hybridized carbons (Fsp3) is 0.250. The van der Waals surface area contributed by atoms with Crippen molar-refractivity contribution in [3.8, 4) is 5.75 Å². The summed E-state index contributed by atoms with van der Waals surface area (Å²) in [6, 6.07) is 18.7. The van der Waals surface area contributed by atoms with Crippen LogP contribution in [-0.2, 0) is 4.79 Å². The Kier molecular flexibility index (Phi) is 6.64. The van der Waals surface area contributed by atoms with Gasteiger partial charge in [0.25, 0.3) is 5.91 Å². The molecule has 0 aliphatic carbocycles. The molecule has 2 aromatic carbocycles. The topological polar surface area (TPSA) is 70.7 Å². The molecule has 31 heavy (non-hydrogen) atoms. The van der Waals surface area contributed by atoms with Gasteiger partial charge in [-0.15, -0.1) is 11.3 Å². The summed E-state index contributed by atoms with van der Waals surface area (Å²) in [7, 11) is 1.56. The fourth-order valence-electron chi connectivity index (χ4n) is 3.85. The highest BCUT2D eigenvalue weighted by Gasteiger charge is 2.28. The number of amides is 2. The zero-order chi connectivity index (χ0) is 21.6. The van der Waals surface area contributed by atoms with Crippen LogP contribution in [0.5, 0.6) is 5.75 Å². The van der Waals surface area contributed by atoms with E-state index in [9.17, 15) is 9.59 Å². The molecule has 1 atom stereocenters. The van der Waals surface area contributed by atoms with Crippen molar-refractivity contribution in [3.63, 3.8) is 0 Å². The van der Waals surface area contributed by atoms with E-state index in [0.717, 1.165) is 19.4 Å². The second-order valence-corrected chi connectivity index (χ2v) is 8.40. The summed E-state index contributed by atoms with van der Waals surface area (Å²) in [5.41, 5.74) is 1.78. The first-order chi connectivity index (χ1) is 15.1. The molecule has 1 saturated heterocycles. The van der Waals surface area contributed by atoms with E-state index in [0.29, 0.717) is 35.3 Å². The van der Waals surface area contributed by atoms with Crippen molar-refractivity contribution >= 4 is 34.5 Å². The summed E-state index contributed by atoms with van der Waals surface area (Å²) < 4.78 is 5.27. The summed E-state index contributed by atoms with van der Waals surface area (Å²) in [6.45, 7) is 1.29. The molecule has 160 valence electrons. The Bertz CT molecular complexity index is 1030. The number of nitrogens with one attached hydrogen (secondary N) is 2. The molecule has 1 aliphatic heterocycles. The summed E-state index contributed by atoms with van der Waals surface area (Å²) in [6.07, 6.45) is 2.19. The summed E-state index contributed by atoms with van der Waals surface area (Å²) in [5, 5.41) is 7.87. The van der Waals surface area contributed by atoms with Gasteiger partial charge >= 0.3 is 0 Å². The number of thiophene rings is 1. The normalized spacial score (nSPS) is 16.1. The number of carbonyl (C=O) groups excluding carboxylic acids is 2. The fourth-order valence-corrected chi connectivity index (χ4v) is 4.75. The lowest BCUT2D eigenvalue weighted by molar-refractivity contribution is -0.117. The predicted molar refractivity (Wildman–Crippen MR) is 124 cm³/mol. The van der Waals surface area contributed by atoms with E-state index in [1.165, 1.54) is 4.88 Å². The van der Waals surface area contributed by atoms with E-state index in [4.69, 9.17) is 4.74 Å². The van der Waals surface area contributed by atoms with Crippen LogP contribution in [0.4, 0.5) is 11.4 Å². The molecule has 7 heteroatoms. The zero-order valence-corrected chi connectivity index (χ0v) is 18.2. The maximum atomic E-state index is 12.6. The number of methoxy groups -OCH3 is 1. The Morgan fingerprint density at radius 3 is 2.61 bits per heavy atom. The molecule has 2 N–H and O–H groups in total. The van der Waals surface area contributed by atoms with Gasteiger partial charge in [-0.1, -0.05) is 18.2 Å². The van der Waals surface area contributed by atoms with Gasteiger partial charge in [-0.05, 0) is 67.2 Å². The Labute approximate surface area is 185 Å². The van der Waals surface area contributed by atoms with E-state index in [1.807, 2.05) is 12.1 Å². The smallest absolute Gasteiger partial charge is 0.255 e. The highest BCUT2D eigenvalue weighted by molar-refractivity contribution is 7.10. The number of hydrogen-bond acceptors (Lipinski definition) is 5. The van der Waals surface area contributed by atoms with Gasteiger partial charge in [0, 0.05) is 22.2 Å². The lowest BCUT2D eigenvalue weighted by atomic mass is 10.1. The summed E-state index contributed by atoms with van der Waals surface area (Å²) in [5.74, 6) is 0.315. The molecule has 0 unspecified atom stereocenters. The van der Waals surface area contributed by atoms with Gasteiger partial charge in [0.05, 0.1) is 19.3 Å². The number of hydrogen-bond donors (Lipinski definition) is 2. The largest absolute Gasteiger partial charge is 0.495 e. The van der Waals surface area contributed by atoms with Crippen LogP contribution < -0.4 is 15.4 Å². The average molecular weight is 436 g/mol. The monoisotopic (exact) mass is 435 g/mol. The molecule has 0 spiro atoms. The molecule has 3 aromatic rings. The molecule has 1 aromatic heterocycles. The van der Waals surface area contributed by atoms with Crippen molar-refractivity contribution < 1.29 is 14.3 Å². The molecule has 2 heterocycles. The minimum Gasteiger partial charge on any atom is -0.495 e. The third-order valence-electron chi connectivity index (χ3n) is 5.37. The highest BCUT2D eigenvalue weighted by Crippen LogP contribution is 2.34. The number of ether oxygens (including phenoxy) is 1. The molecule has 0 saturated carbocycles. The standard InChI is InChI=1S/C24H25N3O3S/c1-30-21-8-3-2-6-19(21)26-24(29)17-10-12-18(13-11-17)25-23(28)16-27-14-4-7-20(27)22-9-5-15-31-22/h2-3,5-6,8-13,15,20H,4,7,14,16H2,1H3,(H,25,28)(H,26,29)/t20-/m0/s1. The van der Waals surface area contributed by atoms with E-state index >= 15 is 0 Å². The summed E-state index contributed by atoms with van der Waals surface area (Å²) in [4.78, 5) is 28.7. The van der Waals surface area contributed by atoms with E-state index in [2.05, 4.69) is 33.0 Å². The average Bonchev–Trinajstić information content (AvgIpc) is 3.46. The number of likely N-dealkylation sites (tertiary alicyclic amines) is 1. The Hall–Kier alpha value is -3.16. The minimum absolute atomic E-state index is 0.0466. The molecule has 1 aliphatic rings. The molecular formula is C24H25N3O3S. The van der Waals surface area contributed by atoms with Crippen LogP contribution in [0, 0.1) is 0 Å². The second-order valence-electron chi connectivity index (χ2n) is 7.42. The summed E-state index contributed by atoms with van der Waals surface area (Å²) >= 11 is 1.74. The van der Waals surface area contributed by atoms with Gasteiger partial charge in [-0.2, -0.15) is 0 Å². The van der Waals surface area contributed by atoms with Gasteiger partial charge in [-0.25, -0.2) is 0 Å². The van der Waals surface area contributed by atoms with E-state index in [1.54, 1.807) is 54.8 Å². The SMILES string of the molecule is COc1ccccc1NC(=O)c1ccc(NC(=O)CN2CCC[C@H]2c2cccs2)cc1. The second kappa shape index (κ2) is 9.76. The number of anilines is 2. The number of rotatable bonds is 7. The van der Waals surface area contributed by atoms with Crippen molar-refractivity contribution in [3.05, 3.63) is 76.5 Å².